The molecule has 0 aliphatic carbocycles. The summed E-state index contributed by atoms with van der Waals surface area (Å²) in [5.74, 6) is 1.48. The zero-order chi connectivity index (χ0) is 7.72. The molecule has 0 N–H and O–H groups in total. The summed E-state index contributed by atoms with van der Waals surface area (Å²) in [5, 5.41) is 0. The standard InChI is InChI=1S/C7H12INO/c1-5(2)6-3-9(4-6)7(8)10/h5-6H,3-4H2,1-2H3. The van der Waals surface area contributed by atoms with Crippen LogP contribution in [0.15, 0.2) is 0 Å². The Balaban J connectivity index is 2.24. The summed E-state index contributed by atoms with van der Waals surface area (Å²) in [6.45, 7) is 6.36. The molecular weight excluding hydrogens is 241 g/mol. The molecule has 1 aliphatic heterocycles. The monoisotopic (exact) mass is 253 g/mol. The van der Waals surface area contributed by atoms with E-state index in [1.165, 1.54) is 0 Å². The predicted molar refractivity (Wildman–Crippen MR) is 49.3 cm³/mol. The van der Waals surface area contributed by atoms with Crippen LogP contribution in [0.4, 0.5) is 4.79 Å². The highest BCUT2D eigenvalue weighted by Gasteiger charge is 2.30. The van der Waals surface area contributed by atoms with Gasteiger partial charge in [-0.15, -0.1) is 0 Å². The Morgan fingerprint density at radius 1 is 1.60 bits per heavy atom. The van der Waals surface area contributed by atoms with E-state index >= 15 is 0 Å². The van der Waals surface area contributed by atoms with Gasteiger partial charge in [0.25, 0.3) is 3.91 Å². The first-order chi connectivity index (χ1) is 4.61. The summed E-state index contributed by atoms with van der Waals surface area (Å²) >= 11 is 1.84. The van der Waals surface area contributed by atoms with E-state index in [9.17, 15) is 4.79 Å². The van der Waals surface area contributed by atoms with Crippen molar-refractivity contribution in [2.24, 2.45) is 11.8 Å². The van der Waals surface area contributed by atoms with Gasteiger partial charge in [0.05, 0.1) is 0 Å². The van der Waals surface area contributed by atoms with E-state index < -0.39 is 0 Å². The fourth-order valence-corrected chi connectivity index (χ4v) is 1.47. The largest absolute Gasteiger partial charge is 0.333 e. The highest BCUT2D eigenvalue weighted by Crippen LogP contribution is 2.24. The van der Waals surface area contributed by atoms with E-state index in [0.717, 1.165) is 24.9 Å². The van der Waals surface area contributed by atoms with Crippen molar-refractivity contribution in [3.05, 3.63) is 0 Å². The maximum absolute atomic E-state index is 10.7. The second-order valence-electron chi connectivity index (χ2n) is 3.16. The Kier molecular flexibility index (Phi) is 2.55. The number of likely N-dealkylation sites (tertiary alicyclic amines) is 1. The summed E-state index contributed by atoms with van der Waals surface area (Å²) < 4.78 is 0.189. The maximum atomic E-state index is 10.7. The van der Waals surface area contributed by atoms with Crippen LogP contribution < -0.4 is 0 Å². The van der Waals surface area contributed by atoms with Gasteiger partial charge in [-0.2, -0.15) is 0 Å². The van der Waals surface area contributed by atoms with Crippen molar-refractivity contribution in [2.45, 2.75) is 13.8 Å². The van der Waals surface area contributed by atoms with Gasteiger partial charge in [0.1, 0.15) is 0 Å². The highest BCUT2D eigenvalue weighted by molar-refractivity contribution is 14.1. The van der Waals surface area contributed by atoms with Gasteiger partial charge in [-0.1, -0.05) is 13.8 Å². The van der Waals surface area contributed by atoms with Crippen LogP contribution in [-0.4, -0.2) is 21.9 Å². The minimum Gasteiger partial charge on any atom is -0.333 e. The van der Waals surface area contributed by atoms with Crippen molar-refractivity contribution in [3.8, 4) is 0 Å². The first-order valence-corrected chi connectivity index (χ1v) is 4.63. The van der Waals surface area contributed by atoms with E-state index in [0.29, 0.717) is 0 Å². The molecular formula is C7H12INO. The molecule has 0 spiro atoms. The quantitative estimate of drug-likeness (QED) is 0.398. The predicted octanol–water partition coefficient (Wildman–Crippen LogP) is 2.13. The second-order valence-corrected chi connectivity index (χ2v) is 4.08. The average Bonchev–Trinajstić information content (AvgIpc) is 1.56. The number of rotatable bonds is 1. The molecule has 1 saturated heterocycles. The van der Waals surface area contributed by atoms with Crippen LogP contribution in [-0.2, 0) is 0 Å². The van der Waals surface area contributed by atoms with Crippen LogP contribution in [0.25, 0.3) is 0 Å². The Bertz CT molecular complexity index is 141. The fourth-order valence-electron chi connectivity index (χ4n) is 1.08. The summed E-state index contributed by atoms with van der Waals surface area (Å²) in [6.07, 6.45) is 0. The van der Waals surface area contributed by atoms with Gasteiger partial charge in [-0.05, 0) is 11.8 Å². The molecule has 0 aromatic rings. The van der Waals surface area contributed by atoms with Crippen molar-refractivity contribution in [2.75, 3.05) is 13.1 Å². The Labute approximate surface area is 75.1 Å². The van der Waals surface area contributed by atoms with Crippen LogP contribution in [0.5, 0.6) is 0 Å². The maximum Gasteiger partial charge on any atom is 0.283 e. The van der Waals surface area contributed by atoms with Crippen LogP contribution in [0, 0.1) is 11.8 Å². The van der Waals surface area contributed by atoms with Gasteiger partial charge in [0.15, 0.2) is 0 Å². The van der Waals surface area contributed by atoms with Gasteiger partial charge in [0.2, 0.25) is 0 Å². The fraction of sp³-hybridized carbons (Fsp3) is 0.857. The molecule has 0 radical (unpaired) electrons. The molecule has 1 heterocycles. The SMILES string of the molecule is CC(C)C1CN(C(=O)I)C1. The van der Waals surface area contributed by atoms with Gasteiger partial charge < -0.3 is 4.90 Å². The summed E-state index contributed by atoms with van der Waals surface area (Å²) in [6, 6.07) is 0. The third kappa shape index (κ3) is 1.62. The van der Waals surface area contributed by atoms with E-state index in [4.69, 9.17) is 0 Å². The normalized spacial score (nSPS) is 19.4. The molecule has 1 amide bonds. The molecule has 2 nitrogen and oxygen atoms in total. The number of carbonyl (C=O) groups excluding carboxylic acids is 1. The average molecular weight is 253 g/mol. The van der Waals surface area contributed by atoms with Crippen LogP contribution >= 0.6 is 22.6 Å². The highest BCUT2D eigenvalue weighted by atomic mass is 127. The van der Waals surface area contributed by atoms with Gasteiger partial charge in [0, 0.05) is 35.7 Å². The van der Waals surface area contributed by atoms with Crippen molar-refractivity contribution in [3.63, 3.8) is 0 Å². The molecule has 0 saturated carbocycles. The summed E-state index contributed by atoms with van der Waals surface area (Å²) in [5.41, 5.74) is 0. The lowest BCUT2D eigenvalue weighted by Crippen LogP contribution is -2.49. The number of hydrogen-bond acceptors (Lipinski definition) is 1. The first-order valence-electron chi connectivity index (χ1n) is 3.55. The van der Waals surface area contributed by atoms with Crippen LogP contribution in [0.1, 0.15) is 13.8 Å². The minimum atomic E-state index is 0.189. The molecule has 0 aromatic carbocycles. The molecule has 0 aromatic heterocycles. The zero-order valence-corrected chi connectivity index (χ0v) is 8.46. The molecule has 1 fully saturated rings. The summed E-state index contributed by atoms with van der Waals surface area (Å²) in [4.78, 5) is 12.6. The first kappa shape index (κ1) is 8.30. The molecule has 0 atom stereocenters. The van der Waals surface area contributed by atoms with E-state index in [1.54, 1.807) is 0 Å². The van der Waals surface area contributed by atoms with E-state index in [1.807, 2.05) is 27.5 Å². The minimum absolute atomic E-state index is 0.189. The topological polar surface area (TPSA) is 20.3 Å². The Morgan fingerprint density at radius 2 is 2.10 bits per heavy atom. The van der Waals surface area contributed by atoms with Gasteiger partial charge >= 0.3 is 0 Å². The number of halogens is 1. The lowest BCUT2D eigenvalue weighted by molar-refractivity contribution is 0.112. The third-order valence-electron chi connectivity index (χ3n) is 2.10. The van der Waals surface area contributed by atoms with Crippen LogP contribution in [0.2, 0.25) is 0 Å². The Hall–Kier alpha value is 0.200. The van der Waals surface area contributed by atoms with E-state index in [-0.39, 0.29) is 3.91 Å². The number of nitrogens with zero attached hydrogens (tertiary/aromatic N) is 1. The molecule has 58 valence electrons. The van der Waals surface area contributed by atoms with Crippen molar-refractivity contribution in [1.29, 1.82) is 0 Å². The molecule has 1 rings (SSSR count). The van der Waals surface area contributed by atoms with Crippen molar-refractivity contribution >= 4 is 26.5 Å². The number of carbonyl (C=O) groups is 1. The molecule has 3 heteroatoms. The molecule has 0 unspecified atom stereocenters. The van der Waals surface area contributed by atoms with Crippen LogP contribution in [0.3, 0.4) is 0 Å². The number of amides is 1. The molecule has 10 heavy (non-hydrogen) atoms. The van der Waals surface area contributed by atoms with Crippen molar-refractivity contribution in [1.82, 2.24) is 4.90 Å². The van der Waals surface area contributed by atoms with Crippen molar-refractivity contribution < 1.29 is 4.79 Å². The molecule has 0 bridgehead atoms. The second kappa shape index (κ2) is 3.07. The Morgan fingerprint density at radius 3 is 2.40 bits per heavy atom. The lowest BCUT2D eigenvalue weighted by atomic mass is 9.89. The third-order valence-corrected chi connectivity index (χ3v) is 2.78. The smallest absolute Gasteiger partial charge is 0.283 e. The zero-order valence-electron chi connectivity index (χ0n) is 6.30. The summed E-state index contributed by atoms with van der Waals surface area (Å²) in [7, 11) is 0. The lowest BCUT2D eigenvalue weighted by Gasteiger charge is -2.40. The molecule has 1 aliphatic rings. The number of hydrogen-bond donors (Lipinski definition) is 0. The van der Waals surface area contributed by atoms with E-state index in [2.05, 4.69) is 13.8 Å². The van der Waals surface area contributed by atoms with Gasteiger partial charge in [-0.25, -0.2) is 0 Å². The van der Waals surface area contributed by atoms with Gasteiger partial charge in [-0.3, -0.25) is 4.79 Å².